The molecule has 2 aliphatic carbocycles. The molecule has 0 spiro atoms. The van der Waals surface area contributed by atoms with Gasteiger partial charge in [0, 0.05) is 95.3 Å². The summed E-state index contributed by atoms with van der Waals surface area (Å²) >= 11 is 6.48. The fourth-order valence-electron chi connectivity index (χ4n) is 21.9. The van der Waals surface area contributed by atoms with E-state index in [-0.39, 0.29) is 168 Å². The third-order valence-corrected chi connectivity index (χ3v) is 33.2. The van der Waals surface area contributed by atoms with Gasteiger partial charge in [-0.05, 0) is 190 Å². The molecule has 796 valence electrons. The molecule has 6 aliphatic rings. The first-order chi connectivity index (χ1) is 67.7. The van der Waals surface area contributed by atoms with Gasteiger partial charge in [0.1, 0.15) is 12.1 Å². The molecule has 4 aromatic carbocycles. The lowest BCUT2D eigenvalue weighted by Crippen LogP contribution is -2.58. The Kier molecular flexibility index (Phi) is 37.4. The summed E-state index contributed by atoms with van der Waals surface area (Å²) in [5, 5.41) is 47.2. The molecule has 24 nitrogen and oxygen atoms in total. The summed E-state index contributed by atoms with van der Waals surface area (Å²) < 4.78 is 14.4. The van der Waals surface area contributed by atoms with Crippen molar-refractivity contribution in [2.75, 3.05) is 26.2 Å². The quantitative estimate of drug-likeness (QED) is 0.0265. The van der Waals surface area contributed by atoms with E-state index in [4.69, 9.17) is 0 Å². The van der Waals surface area contributed by atoms with Crippen molar-refractivity contribution in [1.29, 1.82) is 0 Å². The van der Waals surface area contributed by atoms with Crippen molar-refractivity contribution in [1.82, 2.24) is 50.2 Å². The minimum atomic E-state index is -1.91. The van der Waals surface area contributed by atoms with Crippen LogP contribution in [0.1, 0.15) is 312 Å². The Morgan fingerprint density at radius 2 is 0.685 bits per heavy atom. The summed E-state index contributed by atoms with van der Waals surface area (Å²) in [5.41, 5.74) is 18.3. The molecule has 0 bridgehead atoms. The molecule has 6 amide bonds. The summed E-state index contributed by atoms with van der Waals surface area (Å²) in [6, 6.07) is 25.0. The molecule has 0 radical (unpaired) electrons. The van der Waals surface area contributed by atoms with Crippen LogP contribution in [0.3, 0.4) is 0 Å². The smallest absolute Gasteiger partial charge is 0.258 e. The second-order valence-electron chi connectivity index (χ2n) is 50.3. The Morgan fingerprint density at radius 3 is 0.979 bits per heavy atom. The Hall–Kier alpha value is -9.33. The maximum Gasteiger partial charge on any atom is 0.258 e. The zero-order valence-electron chi connectivity index (χ0n) is 91.9. The highest BCUT2D eigenvalue weighted by Gasteiger charge is 2.55. The molecule has 8 heterocycles. The van der Waals surface area contributed by atoms with Crippen LogP contribution >= 0.6 is 45.3 Å². The number of amides is 6. The maximum atomic E-state index is 14.4. The number of carbonyl (C=O) groups excluding carboxylic acids is 10. The van der Waals surface area contributed by atoms with Gasteiger partial charge >= 0.3 is 0 Å². The number of β-amino-alcohol motifs (C(OH)–C–C–N with tert-alkyl or cyclic N) is 4. The highest BCUT2D eigenvalue weighted by Crippen LogP contribution is 2.48. The normalized spacial score (nSPS) is 20.4. The number of nitrogens with zero attached hydrogens (tertiary/aromatic N) is 8. The van der Waals surface area contributed by atoms with Crippen molar-refractivity contribution < 1.29 is 72.8 Å². The number of halogens is 1. The molecule has 8 aromatic rings. The van der Waals surface area contributed by atoms with E-state index in [9.17, 15) is 72.8 Å². The van der Waals surface area contributed by atoms with Crippen LogP contribution in [0, 0.1) is 77.9 Å². The molecule has 11 atom stereocenters. The lowest BCUT2D eigenvalue weighted by molar-refractivity contribution is -0.149. The lowest BCUT2D eigenvalue weighted by Gasteiger charge is -2.42. The monoisotopic (exact) mass is 2080 g/mol. The third-order valence-electron chi connectivity index (χ3n) is 29.3. The number of ketones is 4. The van der Waals surface area contributed by atoms with Gasteiger partial charge in [-0.15, -0.1) is 45.3 Å². The minimum absolute atomic E-state index is 0.00853. The van der Waals surface area contributed by atoms with Crippen molar-refractivity contribution >= 4 is 104 Å². The molecule has 14 rings (SSSR count). The van der Waals surface area contributed by atoms with Gasteiger partial charge in [0.05, 0.1) is 113 Å². The predicted octanol–water partition coefficient (Wildman–Crippen LogP) is 20.9. The number of aromatic nitrogens is 4. The van der Waals surface area contributed by atoms with Crippen LogP contribution in [-0.4, -0.2) is 211 Å². The van der Waals surface area contributed by atoms with Gasteiger partial charge in [0.25, 0.3) is 5.91 Å². The summed E-state index contributed by atoms with van der Waals surface area (Å²) in [7, 11) is 0. The van der Waals surface area contributed by atoms with Gasteiger partial charge in [0.2, 0.25) is 29.5 Å². The number of aryl methyl sites for hydroxylation is 7. The Labute approximate surface area is 882 Å². The second-order valence-corrected chi connectivity index (χ2v) is 53.8. The fraction of sp³-hybridized carbons (Fsp3) is 0.607. The van der Waals surface area contributed by atoms with E-state index in [1.165, 1.54) is 20.2 Å². The summed E-state index contributed by atoms with van der Waals surface area (Å²) in [4.78, 5) is 162. The first-order valence-electron chi connectivity index (χ1n) is 52.1. The Morgan fingerprint density at radius 1 is 0.390 bits per heavy atom. The highest BCUT2D eigenvalue weighted by molar-refractivity contribution is 7.14. The topological polar surface area (TPSA) is 340 Å². The van der Waals surface area contributed by atoms with Crippen LogP contribution in [0.25, 0.3) is 41.8 Å². The van der Waals surface area contributed by atoms with Gasteiger partial charge in [-0.2, -0.15) is 0 Å². The van der Waals surface area contributed by atoms with Crippen LogP contribution in [-0.2, 0) is 78.0 Å². The molecule has 4 saturated heterocycles. The number of hydrogen-bond acceptors (Lipinski definition) is 22. The van der Waals surface area contributed by atoms with Crippen LogP contribution < -0.4 is 10.6 Å². The van der Waals surface area contributed by atoms with Gasteiger partial charge in [-0.3, -0.25) is 47.9 Å². The van der Waals surface area contributed by atoms with E-state index in [0.29, 0.717) is 44.9 Å². The highest BCUT2D eigenvalue weighted by atomic mass is 32.1. The summed E-state index contributed by atoms with van der Waals surface area (Å²) in [6.45, 7) is 59.6. The number of benzene rings is 4. The van der Waals surface area contributed by atoms with Crippen molar-refractivity contribution in [3.63, 3.8) is 0 Å². The summed E-state index contributed by atoms with van der Waals surface area (Å²) in [5.74, 6) is -2.27. The van der Waals surface area contributed by atoms with E-state index in [0.717, 1.165) is 100 Å². The molecule has 2 saturated carbocycles. The lowest BCUT2D eigenvalue weighted by atomic mass is 9.66. The number of nitrogens with one attached hydrogen (secondary N) is 2. The molecule has 29 heteroatoms. The average molecular weight is 2080 g/mol. The minimum Gasteiger partial charge on any atom is -0.391 e. The molecule has 4 aliphatic heterocycles. The number of Topliss-reactive ketones (excluding diaryl/α,β-unsaturated/α-hetero) is 4. The van der Waals surface area contributed by atoms with Crippen molar-refractivity contribution in [3.05, 3.63) is 163 Å². The molecule has 4 aromatic heterocycles. The number of aliphatic hydroxyl groups is 4. The summed E-state index contributed by atoms with van der Waals surface area (Å²) in [6.07, 6.45) is 3.00. The van der Waals surface area contributed by atoms with Crippen molar-refractivity contribution in [3.8, 4) is 41.8 Å². The van der Waals surface area contributed by atoms with Crippen molar-refractivity contribution in [2.45, 2.75) is 380 Å². The first kappa shape index (κ1) is 117. The SMILES string of the molecule is Cc1ncsc1-c1ccc(C(C)CC(=O)C2CC(O)CN2C(=O)C(C(C)(C)C)C(C)(C)C)cc1.Cc1ncsc1-c1ccc(CCC(=O)C2CC(O)CN2C(=O)C(C(C)(C)C)C(C)(C)C)cc1.Cc1ncsc1-c1ccc(CCC(=O)C2CC(O)CN2C(=O)C(NC(=O)C2(F)CC2)C(C)(C)C)c(C(C)(C)C)c1.Cc1ncsc1-c1ccc(CCC(=O)C2CC(O)CN2C(=O)C(NC(=O)C2CC2)C(C)(C)C)c(C(C)(C)C)c1. The van der Waals surface area contributed by atoms with E-state index in [1.807, 2.05) is 70.5 Å². The molecule has 146 heavy (non-hydrogen) atoms. The largest absolute Gasteiger partial charge is 0.391 e. The zero-order chi connectivity index (χ0) is 108. The first-order valence-corrected chi connectivity index (χ1v) is 55.6. The van der Waals surface area contributed by atoms with Gasteiger partial charge < -0.3 is 50.7 Å². The van der Waals surface area contributed by atoms with Crippen LogP contribution in [0.5, 0.6) is 0 Å². The molecular formula is C117H163FN10O14S4. The third kappa shape index (κ3) is 29.5. The zero-order valence-corrected chi connectivity index (χ0v) is 95.1. The predicted molar refractivity (Wildman–Crippen MR) is 582 cm³/mol. The number of likely N-dealkylation sites (tertiary alicyclic amines) is 4. The Balaban J connectivity index is 0.000000186. The standard InChI is InChI=1S/C31H42FN3O4S.C31H43N3O4S.C28H40N2O3S.C27H38N2O3S/c1-18-25(40-17-33-18)20-9-8-19(22(14-20)29(2,3)4)10-11-24(37)23-15-21(36)16-35(23)27(38)26(30(5,6)7)34-28(39)31(32)12-13-31;1-18-26(39-17-32-18)21-11-8-19(23(14-21)30(2,3)4)12-13-25(36)24-15-22(35)16-34(24)29(38)27(31(5,6)7)33-28(37)20-9-10-20;1-17(19-9-11-20(12-10-19)24-18(2)29-16-34-24)13-23(32)22-14-21(31)15-30(22)26(33)25(27(3,4)5)28(6,7)8;1-17-23(33-16-28-17)19-11-8-18(9-12-19)10-13-22(31)21-14-20(30)15-29(21)25(32)24(26(2,3)4)27(5,6)7/h8-9,14,17,21,23,26,36H,10-13,15-16H2,1-7H3,(H,34,39);8,11,14,17,20,22,24,27,35H,9-10,12-13,15-16H2,1-7H3,(H,33,37);9-12,16-17,21-22,25,31H,13-15H2,1-8H3;8-9,11-12,16,20-21,24,30H,10,13-15H2,1-7H3. The molecule has 6 fully saturated rings. The van der Waals surface area contributed by atoms with E-state index < -0.39 is 89.0 Å². The number of alkyl halides is 1. The number of aliphatic hydroxyl groups excluding tert-OH is 4. The van der Waals surface area contributed by atoms with Crippen LogP contribution in [0.2, 0.25) is 0 Å². The number of carbonyl (C=O) groups is 10. The Bertz CT molecular complexity index is 5920. The fourth-order valence-corrected chi connectivity index (χ4v) is 25.1. The van der Waals surface area contributed by atoms with Gasteiger partial charge in [-0.25, -0.2) is 24.3 Å². The van der Waals surface area contributed by atoms with Gasteiger partial charge in [-0.1, -0.05) is 246 Å². The van der Waals surface area contributed by atoms with E-state index in [1.54, 1.807) is 75.9 Å². The van der Waals surface area contributed by atoms with E-state index in [2.05, 4.69) is 247 Å². The number of hydrogen-bond donors (Lipinski definition) is 6. The average Bonchev–Trinajstić information content (AvgIpc) is 1.58. The number of thiazole rings is 4. The molecule has 11 unspecified atom stereocenters. The second kappa shape index (κ2) is 46.6. The van der Waals surface area contributed by atoms with Gasteiger partial charge in [0.15, 0.2) is 28.8 Å². The number of rotatable bonds is 28. The van der Waals surface area contributed by atoms with E-state index >= 15 is 0 Å². The van der Waals surface area contributed by atoms with Crippen LogP contribution in [0.4, 0.5) is 4.39 Å². The van der Waals surface area contributed by atoms with Crippen molar-refractivity contribution in [2.24, 2.45) is 50.2 Å². The molecule has 6 N–H and O–H groups in total. The maximum absolute atomic E-state index is 14.4. The van der Waals surface area contributed by atoms with Crippen LogP contribution in [0.15, 0.2) is 107 Å². The molecular weight excluding hydrogens is 1920 g/mol.